The molecule has 2 rings (SSSR count). The average Bonchev–Trinajstić information content (AvgIpc) is 2.31. The number of carboxylic acids is 1. The van der Waals surface area contributed by atoms with E-state index in [9.17, 15) is 15.0 Å². The summed E-state index contributed by atoms with van der Waals surface area (Å²) in [5.41, 5.74) is -0.178. The fraction of sp³-hybridized carbons (Fsp3) is 0. The number of carbonyl (C=O) groups is 1. The summed E-state index contributed by atoms with van der Waals surface area (Å²) >= 11 is 0. The predicted molar refractivity (Wildman–Crippen MR) is 74.7 cm³/mol. The van der Waals surface area contributed by atoms with Crippen molar-refractivity contribution in [3.8, 4) is 11.5 Å². The van der Waals surface area contributed by atoms with Crippen molar-refractivity contribution in [2.24, 2.45) is 0 Å². The molecule has 0 unspecified atom stereocenters. The van der Waals surface area contributed by atoms with Crippen LogP contribution in [0, 0.1) is 0 Å². The molecule has 0 aliphatic rings. The molecule has 0 amide bonds. The van der Waals surface area contributed by atoms with E-state index in [1.54, 1.807) is 12.1 Å². The minimum absolute atomic E-state index is 0. The van der Waals surface area contributed by atoms with Crippen LogP contribution >= 0.6 is 0 Å². The minimum Gasteiger partial charge on any atom is -1.00 e. The monoisotopic (exact) mass is 328 g/mol. The first kappa shape index (κ1) is 30.1. The standard InChI is InChI=1S/C7H6O3.C6H6O.2Ca.2Li.4H/c8-6-4-2-1-3-5(6)7(9)10;7-6-4-2-1-3-5-6;;;;;;;;/h1-4,8H,(H,9,10);1-5,7H;;;;;;;;/q;;2*+2;2*+1;4*-1/p-2. The van der Waals surface area contributed by atoms with Gasteiger partial charge in [-0.15, -0.1) is 5.75 Å². The molecule has 2 aromatic rings. The van der Waals surface area contributed by atoms with Crippen molar-refractivity contribution >= 4 is 81.4 Å². The quantitative estimate of drug-likeness (QED) is 0.531. The number of carboxylic acid groups (broad SMARTS) is 1. The molecule has 21 heavy (non-hydrogen) atoms. The third-order valence-electron chi connectivity index (χ3n) is 1.86. The van der Waals surface area contributed by atoms with Gasteiger partial charge in [-0.2, -0.15) is 0 Å². The zero-order chi connectivity index (χ0) is 12.7. The van der Waals surface area contributed by atoms with Crippen LogP contribution in [0.15, 0.2) is 54.6 Å². The van der Waals surface area contributed by atoms with E-state index < -0.39 is 11.7 Å². The Morgan fingerprint density at radius 1 is 0.857 bits per heavy atom. The largest absolute Gasteiger partial charge is 2.00 e. The summed E-state index contributed by atoms with van der Waals surface area (Å²) < 4.78 is 0. The molecule has 0 aliphatic heterocycles. The Balaban J connectivity index is -0.0000000299. The van der Waals surface area contributed by atoms with Gasteiger partial charge in [0, 0.05) is 0 Å². The molecule has 96 valence electrons. The van der Waals surface area contributed by atoms with Crippen LogP contribution in [0.2, 0.25) is 0 Å². The summed E-state index contributed by atoms with van der Waals surface area (Å²) in [5, 5.41) is 29.3. The predicted octanol–water partition coefficient (Wildman–Crippen LogP) is -5.08. The van der Waals surface area contributed by atoms with Crippen molar-refractivity contribution in [3.63, 3.8) is 0 Å². The van der Waals surface area contributed by atoms with Crippen molar-refractivity contribution in [2.45, 2.75) is 0 Å². The number of para-hydroxylation sites is 2. The van der Waals surface area contributed by atoms with Gasteiger partial charge in [0.05, 0.1) is 5.56 Å². The summed E-state index contributed by atoms with van der Waals surface area (Å²) in [6.07, 6.45) is 0. The zero-order valence-electron chi connectivity index (χ0n) is 16.3. The SMILES string of the molecule is O=C(O)c1ccccc1[O-].[Ca+2].[Ca+2].[H-].[H-].[H-].[H-].[Li+].[Li+].[O-]c1ccccc1. The molecule has 0 aromatic heterocycles. The summed E-state index contributed by atoms with van der Waals surface area (Å²) in [6.45, 7) is 0. The zero-order valence-corrected chi connectivity index (χ0v) is 16.7. The van der Waals surface area contributed by atoms with Gasteiger partial charge in [-0.1, -0.05) is 54.3 Å². The van der Waals surface area contributed by atoms with Gasteiger partial charge < -0.3 is 21.0 Å². The number of rotatable bonds is 1. The Bertz CT molecular complexity index is 514. The van der Waals surface area contributed by atoms with E-state index in [1.165, 1.54) is 36.4 Å². The van der Waals surface area contributed by atoms with Gasteiger partial charge in [0.15, 0.2) is 0 Å². The maximum absolute atomic E-state index is 10.7. The molecule has 0 atom stereocenters. The fourth-order valence-electron chi connectivity index (χ4n) is 1.06. The van der Waals surface area contributed by atoms with E-state index in [0.717, 1.165) is 0 Å². The topological polar surface area (TPSA) is 83.4 Å². The van der Waals surface area contributed by atoms with Crippen molar-refractivity contribution in [1.29, 1.82) is 0 Å². The van der Waals surface area contributed by atoms with Crippen LogP contribution in [0.3, 0.4) is 0 Å². The molecule has 0 heterocycles. The van der Waals surface area contributed by atoms with Crippen molar-refractivity contribution in [2.75, 3.05) is 0 Å². The fourth-order valence-corrected chi connectivity index (χ4v) is 1.06. The van der Waals surface area contributed by atoms with Gasteiger partial charge >= 0.3 is 119 Å². The normalized spacial score (nSPS) is 7.24. The van der Waals surface area contributed by atoms with E-state index in [2.05, 4.69) is 0 Å². The Morgan fingerprint density at radius 3 is 1.57 bits per heavy atom. The minimum atomic E-state index is -1.18. The Hall–Kier alpha value is 1.22. The maximum Gasteiger partial charge on any atom is 2.00 e. The molecular weight excluding hydrogens is 314 g/mol. The van der Waals surface area contributed by atoms with Crippen LogP contribution in [-0.4, -0.2) is 86.6 Å². The molecule has 4 nitrogen and oxygen atoms in total. The van der Waals surface area contributed by atoms with Crippen LogP contribution in [0.1, 0.15) is 16.1 Å². The summed E-state index contributed by atoms with van der Waals surface area (Å²) in [6, 6.07) is 13.9. The molecule has 0 saturated carbocycles. The molecule has 0 fully saturated rings. The molecular formula is C13H14Ca2Li2O4. The van der Waals surface area contributed by atoms with Crippen LogP contribution in [0.5, 0.6) is 11.5 Å². The molecule has 0 radical (unpaired) electrons. The first-order valence-electron chi connectivity index (χ1n) is 4.82. The van der Waals surface area contributed by atoms with Crippen molar-refractivity contribution < 1.29 is 63.5 Å². The summed E-state index contributed by atoms with van der Waals surface area (Å²) in [4.78, 5) is 10.2. The van der Waals surface area contributed by atoms with Crippen molar-refractivity contribution in [1.82, 2.24) is 0 Å². The second kappa shape index (κ2) is 17.6. The van der Waals surface area contributed by atoms with E-state index in [4.69, 9.17) is 5.11 Å². The summed E-state index contributed by atoms with van der Waals surface area (Å²) in [7, 11) is 0. The van der Waals surface area contributed by atoms with Gasteiger partial charge in [0.1, 0.15) is 0 Å². The second-order valence-corrected chi connectivity index (χ2v) is 3.11. The number of aromatic carboxylic acids is 1. The Kier molecular flexibility index (Phi) is 25.2. The first-order chi connectivity index (χ1) is 8.11. The van der Waals surface area contributed by atoms with Gasteiger partial charge in [-0.25, -0.2) is 4.79 Å². The Labute approximate surface area is 213 Å². The first-order valence-corrected chi connectivity index (χ1v) is 4.82. The molecule has 8 heteroatoms. The van der Waals surface area contributed by atoms with Crippen LogP contribution in [0.4, 0.5) is 0 Å². The van der Waals surface area contributed by atoms with Crippen molar-refractivity contribution in [3.05, 3.63) is 60.2 Å². The van der Waals surface area contributed by atoms with E-state index in [-0.39, 0.29) is 130 Å². The third kappa shape index (κ3) is 13.4. The van der Waals surface area contributed by atoms with E-state index in [1.807, 2.05) is 6.07 Å². The van der Waals surface area contributed by atoms with E-state index >= 15 is 0 Å². The van der Waals surface area contributed by atoms with Crippen LogP contribution in [0.25, 0.3) is 0 Å². The van der Waals surface area contributed by atoms with Gasteiger partial charge in [-0.3, -0.25) is 0 Å². The number of hydrogen-bond donors (Lipinski definition) is 1. The van der Waals surface area contributed by atoms with Crippen LogP contribution < -0.4 is 47.9 Å². The number of benzene rings is 2. The van der Waals surface area contributed by atoms with Crippen LogP contribution in [-0.2, 0) is 0 Å². The molecule has 2 aromatic carbocycles. The molecule has 0 saturated heterocycles. The molecule has 0 aliphatic carbocycles. The average molecular weight is 328 g/mol. The molecule has 0 spiro atoms. The molecule has 1 N–H and O–H groups in total. The van der Waals surface area contributed by atoms with Gasteiger partial charge in [0.25, 0.3) is 0 Å². The Morgan fingerprint density at radius 2 is 1.29 bits per heavy atom. The maximum atomic E-state index is 10.7. The molecule has 0 bridgehead atoms. The van der Waals surface area contributed by atoms with Gasteiger partial charge in [-0.05, 0) is 6.07 Å². The smallest absolute Gasteiger partial charge is 1.00 e. The summed E-state index contributed by atoms with van der Waals surface area (Å²) in [5.74, 6) is -1.55. The van der Waals surface area contributed by atoms with E-state index in [0.29, 0.717) is 0 Å². The third-order valence-corrected chi connectivity index (χ3v) is 1.86. The van der Waals surface area contributed by atoms with Gasteiger partial charge in [0.2, 0.25) is 0 Å². The number of hydrogen-bond acceptors (Lipinski definition) is 3. The second-order valence-electron chi connectivity index (χ2n) is 3.11.